The van der Waals surface area contributed by atoms with Gasteiger partial charge >= 0.3 is 0 Å². The summed E-state index contributed by atoms with van der Waals surface area (Å²) in [5.74, 6) is 1.38. The van der Waals surface area contributed by atoms with Crippen LogP contribution < -0.4 is 15.4 Å². The number of carbonyl (C=O) groups excluding carboxylic acids is 1. The van der Waals surface area contributed by atoms with Gasteiger partial charge in [0.25, 0.3) is 5.91 Å². The minimum Gasteiger partial charge on any atom is -0.484 e. The Morgan fingerprint density at radius 2 is 2.00 bits per heavy atom. The standard InChI is InChI=1S/C19H30N2O2.ClH/c1-19(2,3)16-6-8-17(9-7-16)23-14-18(22)21-12-10-15-5-4-11-20-13-15;/h6-9,15,20H,4-5,10-14H2,1-3H3,(H,21,22);1H. The van der Waals surface area contributed by atoms with Crippen molar-refractivity contribution >= 4 is 18.3 Å². The summed E-state index contributed by atoms with van der Waals surface area (Å²) in [5.41, 5.74) is 1.39. The molecular weight excluding hydrogens is 324 g/mol. The molecule has 1 fully saturated rings. The molecule has 24 heavy (non-hydrogen) atoms. The number of nitrogens with one attached hydrogen (secondary N) is 2. The number of benzene rings is 1. The predicted molar refractivity (Wildman–Crippen MR) is 101 cm³/mol. The Morgan fingerprint density at radius 3 is 2.58 bits per heavy atom. The van der Waals surface area contributed by atoms with E-state index in [0.717, 1.165) is 31.8 Å². The zero-order chi connectivity index (χ0) is 16.7. The fourth-order valence-corrected chi connectivity index (χ4v) is 2.84. The van der Waals surface area contributed by atoms with E-state index in [9.17, 15) is 4.79 Å². The van der Waals surface area contributed by atoms with Gasteiger partial charge in [0.15, 0.2) is 6.61 Å². The molecule has 0 saturated carbocycles. The molecule has 5 heteroatoms. The number of halogens is 1. The zero-order valence-electron chi connectivity index (χ0n) is 15.1. The van der Waals surface area contributed by atoms with Gasteiger partial charge in [-0.2, -0.15) is 0 Å². The maximum absolute atomic E-state index is 11.8. The highest BCUT2D eigenvalue weighted by Crippen LogP contribution is 2.24. The molecular formula is C19H31ClN2O2. The van der Waals surface area contributed by atoms with E-state index in [1.165, 1.54) is 18.4 Å². The predicted octanol–water partition coefficient (Wildman–Crippen LogP) is 3.29. The van der Waals surface area contributed by atoms with Crippen LogP contribution >= 0.6 is 12.4 Å². The van der Waals surface area contributed by atoms with Crippen LogP contribution in [0.1, 0.15) is 45.6 Å². The number of piperidine rings is 1. The fourth-order valence-electron chi connectivity index (χ4n) is 2.84. The number of hydrogen-bond acceptors (Lipinski definition) is 3. The molecule has 1 saturated heterocycles. The normalized spacial score (nSPS) is 17.7. The highest BCUT2D eigenvalue weighted by atomic mass is 35.5. The van der Waals surface area contributed by atoms with E-state index >= 15 is 0 Å². The van der Waals surface area contributed by atoms with E-state index in [2.05, 4.69) is 43.5 Å². The fraction of sp³-hybridized carbons (Fsp3) is 0.632. The van der Waals surface area contributed by atoms with Crippen LogP contribution in [0.2, 0.25) is 0 Å². The van der Waals surface area contributed by atoms with E-state index in [1.54, 1.807) is 0 Å². The van der Waals surface area contributed by atoms with Crippen molar-refractivity contribution in [3.05, 3.63) is 29.8 Å². The molecule has 1 aliphatic heterocycles. The lowest BCUT2D eigenvalue weighted by Gasteiger charge is -2.22. The lowest BCUT2D eigenvalue weighted by Crippen LogP contribution is -2.34. The summed E-state index contributed by atoms with van der Waals surface area (Å²) >= 11 is 0. The summed E-state index contributed by atoms with van der Waals surface area (Å²) in [7, 11) is 0. The van der Waals surface area contributed by atoms with Crippen LogP contribution in [-0.4, -0.2) is 32.1 Å². The van der Waals surface area contributed by atoms with Crippen molar-refractivity contribution in [1.82, 2.24) is 10.6 Å². The molecule has 0 radical (unpaired) electrons. The minimum absolute atomic E-state index is 0. The summed E-state index contributed by atoms with van der Waals surface area (Å²) in [5, 5.41) is 6.34. The van der Waals surface area contributed by atoms with Crippen LogP contribution in [0.3, 0.4) is 0 Å². The zero-order valence-corrected chi connectivity index (χ0v) is 15.9. The van der Waals surface area contributed by atoms with Crippen molar-refractivity contribution in [3.63, 3.8) is 0 Å². The summed E-state index contributed by atoms with van der Waals surface area (Å²) in [6, 6.07) is 7.98. The third kappa shape index (κ3) is 7.10. The molecule has 2 N–H and O–H groups in total. The second kappa shape index (κ2) is 9.90. The molecule has 2 rings (SSSR count). The van der Waals surface area contributed by atoms with Gasteiger partial charge in [0.05, 0.1) is 0 Å². The summed E-state index contributed by atoms with van der Waals surface area (Å²) in [4.78, 5) is 11.8. The lowest BCUT2D eigenvalue weighted by atomic mass is 9.87. The van der Waals surface area contributed by atoms with Crippen molar-refractivity contribution in [2.45, 2.75) is 45.4 Å². The van der Waals surface area contributed by atoms with E-state index in [0.29, 0.717) is 5.92 Å². The van der Waals surface area contributed by atoms with Gasteiger partial charge in [-0.3, -0.25) is 4.79 Å². The van der Waals surface area contributed by atoms with Crippen molar-refractivity contribution in [2.75, 3.05) is 26.2 Å². The quantitative estimate of drug-likeness (QED) is 0.824. The molecule has 0 aromatic heterocycles. The molecule has 0 spiro atoms. The molecule has 1 amide bonds. The molecule has 1 aliphatic rings. The van der Waals surface area contributed by atoms with E-state index < -0.39 is 0 Å². The molecule has 0 aliphatic carbocycles. The topological polar surface area (TPSA) is 50.4 Å². The van der Waals surface area contributed by atoms with Crippen LogP contribution in [0.15, 0.2) is 24.3 Å². The number of carbonyl (C=O) groups is 1. The van der Waals surface area contributed by atoms with E-state index in [1.807, 2.05) is 12.1 Å². The van der Waals surface area contributed by atoms with Gasteiger partial charge in [0.2, 0.25) is 0 Å². The second-order valence-corrected chi connectivity index (χ2v) is 7.41. The number of amides is 1. The number of ether oxygens (including phenoxy) is 1. The van der Waals surface area contributed by atoms with Crippen LogP contribution in [0.25, 0.3) is 0 Å². The minimum atomic E-state index is -0.0475. The van der Waals surface area contributed by atoms with Gasteiger partial charge in [-0.15, -0.1) is 12.4 Å². The number of hydrogen-bond donors (Lipinski definition) is 2. The summed E-state index contributed by atoms with van der Waals surface area (Å²) in [6.07, 6.45) is 3.55. The highest BCUT2D eigenvalue weighted by Gasteiger charge is 2.14. The molecule has 1 unspecified atom stereocenters. The average molecular weight is 355 g/mol. The third-order valence-electron chi connectivity index (χ3n) is 4.36. The monoisotopic (exact) mass is 354 g/mol. The lowest BCUT2D eigenvalue weighted by molar-refractivity contribution is -0.123. The molecule has 1 heterocycles. The van der Waals surface area contributed by atoms with Crippen molar-refractivity contribution in [1.29, 1.82) is 0 Å². The van der Waals surface area contributed by atoms with Crippen LogP contribution in [0.4, 0.5) is 0 Å². The first-order valence-corrected chi connectivity index (χ1v) is 8.66. The van der Waals surface area contributed by atoms with E-state index in [-0.39, 0.29) is 30.3 Å². The molecule has 136 valence electrons. The molecule has 1 atom stereocenters. The van der Waals surface area contributed by atoms with Gasteiger partial charge < -0.3 is 15.4 Å². The first-order chi connectivity index (χ1) is 10.9. The molecule has 4 nitrogen and oxygen atoms in total. The van der Waals surface area contributed by atoms with Crippen LogP contribution in [0.5, 0.6) is 5.75 Å². The first kappa shape index (κ1) is 20.8. The Balaban J connectivity index is 0.00000288. The third-order valence-corrected chi connectivity index (χ3v) is 4.36. The molecule has 0 bridgehead atoms. The Hall–Kier alpha value is -1.26. The van der Waals surface area contributed by atoms with Crippen LogP contribution in [0, 0.1) is 5.92 Å². The largest absolute Gasteiger partial charge is 0.484 e. The Kier molecular flexibility index (Phi) is 8.57. The number of rotatable bonds is 6. The summed E-state index contributed by atoms with van der Waals surface area (Å²) < 4.78 is 5.55. The van der Waals surface area contributed by atoms with Gasteiger partial charge in [-0.1, -0.05) is 32.9 Å². The highest BCUT2D eigenvalue weighted by molar-refractivity contribution is 5.85. The smallest absolute Gasteiger partial charge is 0.257 e. The van der Waals surface area contributed by atoms with Crippen molar-refractivity contribution in [2.24, 2.45) is 5.92 Å². The van der Waals surface area contributed by atoms with Gasteiger partial charge in [-0.25, -0.2) is 0 Å². The van der Waals surface area contributed by atoms with Crippen molar-refractivity contribution < 1.29 is 9.53 Å². The molecule has 1 aromatic carbocycles. The SMILES string of the molecule is CC(C)(C)c1ccc(OCC(=O)NCCC2CCCNC2)cc1.Cl. The Bertz CT molecular complexity index is 491. The van der Waals surface area contributed by atoms with Crippen molar-refractivity contribution in [3.8, 4) is 5.75 Å². The van der Waals surface area contributed by atoms with Crippen LogP contribution in [-0.2, 0) is 10.2 Å². The Morgan fingerprint density at radius 1 is 1.29 bits per heavy atom. The Labute approximate surface area is 152 Å². The maximum Gasteiger partial charge on any atom is 0.257 e. The van der Waals surface area contributed by atoms with Gasteiger partial charge in [0, 0.05) is 6.54 Å². The first-order valence-electron chi connectivity index (χ1n) is 8.66. The second-order valence-electron chi connectivity index (χ2n) is 7.41. The maximum atomic E-state index is 11.8. The van der Waals surface area contributed by atoms with E-state index in [4.69, 9.17) is 4.74 Å². The van der Waals surface area contributed by atoms with Gasteiger partial charge in [0.1, 0.15) is 5.75 Å². The average Bonchev–Trinajstić information content (AvgIpc) is 2.53. The van der Waals surface area contributed by atoms with Gasteiger partial charge in [-0.05, 0) is 61.4 Å². The molecule has 1 aromatic rings. The summed E-state index contributed by atoms with van der Waals surface area (Å²) in [6.45, 7) is 9.56.